The van der Waals surface area contributed by atoms with E-state index in [1.54, 1.807) is 0 Å². The lowest BCUT2D eigenvalue weighted by atomic mass is 10.0. The van der Waals surface area contributed by atoms with E-state index < -0.39 is 51.8 Å². The summed E-state index contributed by atoms with van der Waals surface area (Å²) >= 11 is 0. The number of esters is 2. The molecule has 11 heteroatoms. The number of carbonyl (C=O) groups is 2. The van der Waals surface area contributed by atoms with E-state index >= 15 is 0 Å². The molecule has 3 atom stereocenters. The van der Waals surface area contributed by atoms with Gasteiger partial charge in [-0.05, 0) is 38.5 Å². The molecule has 0 aliphatic heterocycles. The second kappa shape index (κ2) is 39.0. The van der Waals surface area contributed by atoms with Crippen LogP contribution in [0.4, 0.5) is 0 Å². The molecule has 0 fully saturated rings. The van der Waals surface area contributed by atoms with Crippen molar-refractivity contribution in [1.29, 1.82) is 0 Å². The van der Waals surface area contributed by atoms with Crippen LogP contribution in [0.5, 0.6) is 0 Å². The minimum Gasteiger partial charge on any atom is -0.462 e. The summed E-state index contributed by atoms with van der Waals surface area (Å²) in [5, 5.41) is 18.3. The maximum absolute atomic E-state index is 12.6. The highest BCUT2D eigenvalue weighted by Gasteiger charge is 2.27. The largest absolute Gasteiger partial charge is 0.472 e. The van der Waals surface area contributed by atoms with Crippen molar-refractivity contribution in [3.8, 4) is 0 Å². The number of rotatable bonds is 41. The molecule has 3 N–H and O–H groups in total. The van der Waals surface area contributed by atoms with Crippen molar-refractivity contribution in [3.63, 3.8) is 0 Å². The number of hydrogen-bond donors (Lipinski definition) is 3. The average molecular weight is 777 g/mol. The van der Waals surface area contributed by atoms with Gasteiger partial charge in [-0.3, -0.25) is 18.6 Å². The summed E-state index contributed by atoms with van der Waals surface area (Å²) in [6.45, 7) is 2.38. The van der Waals surface area contributed by atoms with Crippen LogP contribution in [0.3, 0.4) is 0 Å². The van der Waals surface area contributed by atoms with Gasteiger partial charge in [0, 0.05) is 12.8 Å². The Hall–Kier alpha value is -1.29. The SMILES string of the molecule is CCCCCCC/C=C/CCCCCCCC(=O)O[C@H](COC(=O)CCCCCCCCCCCCCCCCCC)COP(=O)(O)OC[C@@H](O)CO. The monoisotopic (exact) mass is 777 g/mol. The number of carbonyl (C=O) groups excluding carboxylic acids is 2. The molecule has 0 radical (unpaired) electrons. The quantitative estimate of drug-likeness (QED) is 0.0237. The van der Waals surface area contributed by atoms with E-state index in [2.05, 4.69) is 30.5 Å². The van der Waals surface area contributed by atoms with E-state index in [1.807, 2.05) is 0 Å². The van der Waals surface area contributed by atoms with Gasteiger partial charge in [-0.1, -0.05) is 167 Å². The molecule has 0 rings (SSSR count). The van der Waals surface area contributed by atoms with Gasteiger partial charge in [-0.15, -0.1) is 0 Å². The predicted octanol–water partition coefficient (Wildman–Crippen LogP) is 11.2. The molecule has 0 saturated heterocycles. The predicted molar refractivity (Wildman–Crippen MR) is 215 cm³/mol. The van der Waals surface area contributed by atoms with Crippen LogP contribution in [0.2, 0.25) is 0 Å². The summed E-state index contributed by atoms with van der Waals surface area (Å²) in [5.41, 5.74) is 0. The highest BCUT2D eigenvalue weighted by molar-refractivity contribution is 7.47. The van der Waals surface area contributed by atoms with Crippen LogP contribution in [0.25, 0.3) is 0 Å². The average Bonchev–Trinajstić information content (AvgIpc) is 3.14. The maximum Gasteiger partial charge on any atom is 0.472 e. The van der Waals surface area contributed by atoms with Crippen molar-refractivity contribution in [1.82, 2.24) is 0 Å². The third-order valence-corrected chi connectivity index (χ3v) is 10.4. The Kier molecular flexibility index (Phi) is 38.0. The van der Waals surface area contributed by atoms with Gasteiger partial charge in [0.2, 0.25) is 0 Å². The zero-order valence-corrected chi connectivity index (χ0v) is 34.9. The lowest BCUT2D eigenvalue weighted by molar-refractivity contribution is -0.161. The number of unbranched alkanes of at least 4 members (excludes halogenated alkanes) is 25. The van der Waals surface area contributed by atoms with E-state index in [-0.39, 0.29) is 19.4 Å². The standard InChI is InChI=1S/C42H81O10P/c1-3-5-7-9-11-13-15-17-19-20-22-23-25-27-29-31-33-41(45)49-37-40(38-51-53(47,48)50-36-39(44)35-43)52-42(46)34-32-30-28-26-24-21-18-16-14-12-10-8-6-4-2/h16,18,39-40,43-44H,3-15,17,19-38H2,1-2H3,(H,47,48)/b18-16+/t39-,40+/m0/s1. The summed E-state index contributed by atoms with van der Waals surface area (Å²) < 4.78 is 32.7. The Morgan fingerprint density at radius 3 is 1.36 bits per heavy atom. The second-order valence-electron chi connectivity index (χ2n) is 14.7. The van der Waals surface area contributed by atoms with Crippen molar-refractivity contribution in [3.05, 3.63) is 12.2 Å². The zero-order chi connectivity index (χ0) is 39.1. The topological polar surface area (TPSA) is 149 Å². The van der Waals surface area contributed by atoms with Gasteiger partial charge < -0.3 is 24.6 Å². The molecule has 0 bridgehead atoms. The van der Waals surface area contributed by atoms with E-state index in [4.69, 9.17) is 19.1 Å². The van der Waals surface area contributed by atoms with Gasteiger partial charge in [-0.2, -0.15) is 0 Å². The molecule has 10 nitrogen and oxygen atoms in total. The number of ether oxygens (including phenoxy) is 2. The molecule has 1 unspecified atom stereocenters. The Balaban J connectivity index is 4.27. The maximum atomic E-state index is 12.6. The summed E-state index contributed by atoms with van der Waals surface area (Å²) in [6.07, 6.45) is 36.0. The van der Waals surface area contributed by atoms with Gasteiger partial charge >= 0.3 is 19.8 Å². The molecule has 53 heavy (non-hydrogen) atoms. The fourth-order valence-electron chi connectivity index (χ4n) is 6.05. The highest BCUT2D eigenvalue weighted by atomic mass is 31.2. The summed E-state index contributed by atoms with van der Waals surface area (Å²) in [5.74, 6) is -0.925. The van der Waals surface area contributed by atoms with Gasteiger partial charge in [-0.25, -0.2) is 4.57 Å². The number of phosphoric ester groups is 1. The van der Waals surface area contributed by atoms with Gasteiger partial charge in [0.15, 0.2) is 6.10 Å². The van der Waals surface area contributed by atoms with E-state index in [0.29, 0.717) is 12.8 Å². The molecule has 314 valence electrons. The number of aliphatic hydroxyl groups is 2. The van der Waals surface area contributed by atoms with Gasteiger partial charge in [0.1, 0.15) is 12.7 Å². The Morgan fingerprint density at radius 1 is 0.547 bits per heavy atom. The molecule has 0 saturated carbocycles. The lowest BCUT2D eigenvalue weighted by Gasteiger charge is -2.20. The molecule has 0 aliphatic carbocycles. The van der Waals surface area contributed by atoms with Crippen molar-refractivity contribution in [2.75, 3.05) is 26.4 Å². The molecule has 0 heterocycles. The lowest BCUT2D eigenvalue weighted by Crippen LogP contribution is -2.29. The summed E-state index contributed by atoms with van der Waals surface area (Å²) in [4.78, 5) is 34.9. The Morgan fingerprint density at radius 2 is 0.925 bits per heavy atom. The summed E-state index contributed by atoms with van der Waals surface area (Å²) in [7, 11) is -4.61. The third kappa shape index (κ3) is 38.8. The Labute approximate surface area is 324 Å². The van der Waals surface area contributed by atoms with Gasteiger partial charge in [0.25, 0.3) is 0 Å². The van der Waals surface area contributed by atoms with E-state index in [0.717, 1.165) is 57.8 Å². The number of aliphatic hydroxyl groups excluding tert-OH is 2. The molecular formula is C42H81O10P. The molecule has 0 spiro atoms. The normalized spacial score (nSPS) is 14.0. The summed E-state index contributed by atoms with van der Waals surface area (Å²) in [6, 6.07) is 0. The van der Waals surface area contributed by atoms with Crippen LogP contribution in [0, 0.1) is 0 Å². The smallest absolute Gasteiger partial charge is 0.462 e. The van der Waals surface area contributed by atoms with E-state index in [9.17, 15) is 24.2 Å². The first kappa shape index (κ1) is 51.7. The van der Waals surface area contributed by atoms with Crippen LogP contribution >= 0.6 is 7.82 Å². The highest BCUT2D eigenvalue weighted by Crippen LogP contribution is 2.43. The molecule has 0 aliphatic rings. The van der Waals surface area contributed by atoms with Crippen LogP contribution in [0.1, 0.15) is 206 Å². The van der Waals surface area contributed by atoms with Crippen molar-refractivity contribution >= 4 is 19.8 Å². The molecule has 0 aromatic carbocycles. The zero-order valence-electron chi connectivity index (χ0n) is 34.0. The van der Waals surface area contributed by atoms with Crippen LogP contribution in [0.15, 0.2) is 12.2 Å². The van der Waals surface area contributed by atoms with Crippen molar-refractivity contribution in [2.45, 2.75) is 219 Å². The number of phosphoric acid groups is 1. The molecule has 0 aromatic rings. The minimum absolute atomic E-state index is 0.178. The van der Waals surface area contributed by atoms with Gasteiger partial charge in [0.05, 0.1) is 19.8 Å². The first-order valence-corrected chi connectivity index (χ1v) is 23.1. The van der Waals surface area contributed by atoms with E-state index in [1.165, 1.54) is 109 Å². The van der Waals surface area contributed by atoms with Crippen LogP contribution < -0.4 is 0 Å². The number of allylic oxidation sites excluding steroid dienone is 2. The fourth-order valence-corrected chi connectivity index (χ4v) is 6.84. The molecule has 0 aromatic heterocycles. The minimum atomic E-state index is -4.61. The second-order valence-corrected chi connectivity index (χ2v) is 16.2. The van der Waals surface area contributed by atoms with Crippen LogP contribution in [-0.4, -0.2) is 65.7 Å². The molecular weight excluding hydrogens is 695 g/mol. The van der Waals surface area contributed by atoms with Crippen molar-refractivity contribution < 1.29 is 47.8 Å². The van der Waals surface area contributed by atoms with Crippen LogP contribution in [-0.2, 0) is 32.7 Å². The first-order valence-electron chi connectivity index (χ1n) is 21.6. The fraction of sp³-hybridized carbons (Fsp3) is 0.905. The Bertz CT molecular complexity index is 899. The third-order valence-electron chi connectivity index (χ3n) is 9.42. The number of hydrogen-bond acceptors (Lipinski definition) is 9. The molecule has 0 amide bonds. The first-order chi connectivity index (χ1) is 25.7. The van der Waals surface area contributed by atoms with Crippen molar-refractivity contribution in [2.24, 2.45) is 0 Å².